The van der Waals surface area contributed by atoms with Crippen LogP contribution in [0.4, 0.5) is 0 Å². The number of carbonyl (C=O) groups is 2. The summed E-state index contributed by atoms with van der Waals surface area (Å²) in [4.78, 5) is 27.2. The summed E-state index contributed by atoms with van der Waals surface area (Å²) in [5.74, 6) is -0.111. The van der Waals surface area contributed by atoms with Crippen LogP contribution in [0.25, 0.3) is 0 Å². The minimum atomic E-state index is -1.78. The zero-order chi connectivity index (χ0) is 25.5. The molecule has 0 saturated carbocycles. The van der Waals surface area contributed by atoms with Gasteiger partial charge >= 0.3 is 0 Å². The molecule has 0 spiro atoms. The standard InChI is InChI=1S/C26H42O6S2/c1-25(2,17-27)11-5-7-21-13-19(29)15-23(33(21)31)9-10-24-16-20(30)14-22(34(24)32)8-6-12-26(3,4)18-28/h13,16,27-28,33-34H,5-12,14-15,17-18H2,1-4H3. The number of carbonyl (C=O) groups excluding carboxylic acids is 2. The van der Waals surface area contributed by atoms with Crippen LogP contribution in [0.2, 0.25) is 0 Å². The summed E-state index contributed by atoms with van der Waals surface area (Å²) in [6.07, 6.45) is 8.35. The Kier molecular flexibility index (Phi) is 11.1. The van der Waals surface area contributed by atoms with Crippen molar-refractivity contribution in [2.24, 2.45) is 10.8 Å². The summed E-state index contributed by atoms with van der Waals surface area (Å²) in [7, 11) is -3.55. The zero-order valence-corrected chi connectivity index (χ0v) is 22.9. The molecule has 2 heterocycles. The Morgan fingerprint density at radius 3 is 1.62 bits per heavy atom. The summed E-state index contributed by atoms with van der Waals surface area (Å²) in [6, 6.07) is 0. The molecule has 0 aromatic heterocycles. The van der Waals surface area contributed by atoms with Crippen molar-refractivity contribution >= 4 is 42.8 Å². The average molecular weight is 515 g/mol. The molecule has 2 rings (SSSR count). The smallest absolute Gasteiger partial charge is 0.168 e. The molecule has 2 unspecified atom stereocenters. The Morgan fingerprint density at radius 2 is 1.15 bits per heavy atom. The second kappa shape index (κ2) is 12.9. The van der Waals surface area contributed by atoms with Crippen LogP contribution in [0.1, 0.15) is 91.9 Å². The van der Waals surface area contributed by atoms with Gasteiger partial charge in [0, 0.05) is 51.0 Å². The van der Waals surface area contributed by atoms with Crippen molar-refractivity contribution in [3.63, 3.8) is 0 Å². The van der Waals surface area contributed by atoms with Gasteiger partial charge in [0.15, 0.2) is 11.6 Å². The molecule has 2 aliphatic rings. The van der Waals surface area contributed by atoms with E-state index >= 15 is 0 Å². The third-order valence-corrected chi connectivity index (χ3v) is 10.3. The van der Waals surface area contributed by atoms with Crippen LogP contribution >= 0.6 is 0 Å². The van der Waals surface area contributed by atoms with E-state index < -0.39 is 21.5 Å². The van der Waals surface area contributed by atoms with Crippen LogP contribution in [0.3, 0.4) is 0 Å². The first-order valence-electron chi connectivity index (χ1n) is 12.2. The van der Waals surface area contributed by atoms with Gasteiger partial charge in [0.2, 0.25) is 0 Å². The lowest BCUT2D eigenvalue weighted by molar-refractivity contribution is -0.114. The first kappa shape index (κ1) is 29.3. The number of rotatable bonds is 13. The third-order valence-electron chi connectivity index (χ3n) is 6.64. The second-order valence-electron chi connectivity index (χ2n) is 11.1. The van der Waals surface area contributed by atoms with Crippen LogP contribution in [-0.4, -0.2) is 53.8 Å². The van der Waals surface area contributed by atoms with Gasteiger partial charge in [0.1, 0.15) is 0 Å². The molecular weight excluding hydrogens is 472 g/mol. The molecule has 8 heteroatoms. The SMILES string of the molecule is CC(C)(CO)CCCC1=CC(=O)CC(CCC2=CC(=O)CC(CCCC(C)(C)CO)=[SH+]2[O-])=[SH+]1[O-]. The minimum absolute atomic E-state index is 0.0535. The van der Waals surface area contributed by atoms with Gasteiger partial charge in [-0.05, 0) is 36.5 Å². The fourth-order valence-electron chi connectivity index (χ4n) is 4.22. The zero-order valence-electron chi connectivity index (χ0n) is 21.1. The molecule has 2 N–H and O–H groups in total. The first-order chi connectivity index (χ1) is 15.9. The molecule has 0 fully saturated rings. The molecule has 2 atom stereocenters. The van der Waals surface area contributed by atoms with E-state index in [-0.39, 0.29) is 48.5 Å². The van der Waals surface area contributed by atoms with E-state index in [0.717, 1.165) is 30.5 Å². The molecule has 2 aliphatic heterocycles. The van der Waals surface area contributed by atoms with Gasteiger partial charge < -0.3 is 19.3 Å². The van der Waals surface area contributed by atoms with E-state index in [1.807, 2.05) is 27.7 Å². The van der Waals surface area contributed by atoms with Gasteiger partial charge in [-0.2, -0.15) is 21.5 Å². The molecular formula is C26H42O6S2. The Morgan fingerprint density at radius 1 is 0.735 bits per heavy atom. The molecule has 0 bridgehead atoms. The summed E-state index contributed by atoms with van der Waals surface area (Å²) in [6.45, 7) is 8.08. The highest BCUT2D eigenvalue weighted by atomic mass is 32.2. The van der Waals surface area contributed by atoms with Crippen molar-refractivity contribution in [2.45, 2.75) is 91.9 Å². The lowest BCUT2D eigenvalue weighted by atomic mass is 9.88. The lowest BCUT2D eigenvalue weighted by Crippen LogP contribution is -2.23. The number of allylic oxidation sites excluding steroid dienone is 4. The molecule has 34 heavy (non-hydrogen) atoms. The van der Waals surface area contributed by atoms with Crippen molar-refractivity contribution in [1.29, 1.82) is 0 Å². The topological polar surface area (TPSA) is 121 Å². The van der Waals surface area contributed by atoms with Crippen LogP contribution in [0.15, 0.2) is 22.0 Å². The van der Waals surface area contributed by atoms with E-state index in [2.05, 4.69) is 0 Å². The van der Waals surface area contributed by atoms with Crippen LogP contribution in [-0.2, 0) is 31.1 Å². The number of hydrogen-bond donors (Lipinski definition) is 2. The van der Waals surface area contributed by atoms with E-state index in [1.54, 1.807) is 0 Å². The molecule has 6 nitrogen and oxygen atoms in total. The summed E-state index contributed by atoms with van der Waals surface area (Å²) in [5, 5.41) is 18.8. The number of hydrogen-bond acceptors (Lipinski definition) is 6. The molecule has 0 radical (unpaired) electrons. The van der Waals surface area contributed by atoms with Crippen molar-refractivity contribution in [1.82, 2.24) is 0 Å². The molecule has 0 aliphatic carbocycles. The highest BCUT2D eigenvalue weighted by Crippen LogP contribution is 2.28. The highest BCUT2D eigenvalue weighted by molar-refractivity contribution is 7.95. The van der Waals surface area contributed by atoms with Gasteiger partial charge in [-0.3, -0.25) is 9.59 Å². The molecule has 0 saturated heterocycles. The van der Waals surface area contributed by atoms with Gasteiger partial charge in [0.25, 0.3) is 0 Å². The molecule has 194 valence electrons. The van der Waals surface area contributed by atoms with E-state index in [9.17, 15) is 28.9 Å². The Labute approximate surface area is 209 Å². The van der Waals surface area contributed by atoms with Crippen LogP contribution < -0.4 is 0 Å². The normalized spacial score (nSPS) is 22.2. The largest absolute Gasteiger partial charge is 0.646 e. The lowest BCUT2D eigenvalue weighted by Gasteiger charge is -2.24. The average Bonchev–Trinajstić information content (AvgIpc) is 2.77. The Bertz CT molecular complexity index is 886. The van der Waals surface area contributed by atoms with Crippen molar-refractivity contribution in [3.8, 4) is 0 Å². The van der Waals surface area contributed by atoms with E-state index in [1.165, 1.54) is 12.2 Å². The molecule has 0 aromatic carbocycles. The number of ketones is 2. The number of aliphatic hydroxyl groups is 2. The van der Waals surface area contributed by atoms with Gasteiger partial charge in [0.05, 0.1) is 32.4 Å². The van der Waals surface area contributed by atoms with Gasteiger partial charge in [-0.15, -0.1) is 0 Å². The predicted molar refractivity (Wildman–Crippen MR) is 143 cm³/mol. The summed E-state index contributed by atoms with van der Waals surface area (Å²) in [5.41, 5.74) is -0.400. The molecule has 0 amide bonds. The number of aliphatic hydroxyl groups excluding tert-OH is 2. The third kappa shape index (κ3) is 8.95. The van der Waals surface area contributed by atoms with E-state index in [0.29, 0.717) is 40.4 Å². The van der Waals surface area contributed by atoms with Crippen molar-refractivity contribution < 1.29 is 28.9 Å². The summed E-state index contributed by atoms with van der Waals surface area (Å²) < 4.78 is 26.2. The first-order valence-corrected chi connectivity index (χ1v) is 14.7. The number of thiol groups is 2. The highest BCUT2D eigenvalue weighted by Gasteiger charge is 2.25. The summed E-state index contributed by atoms with van der Waals surface area (Å²) >= 11 is 0. The second-order valence-corrected chi connectivity index (χ2v) is 14.7. The quantitative estimate of drug-likeness (QED) is 0.221. The maximum atomic E-state index is 13.1. The fraction of sp³-hybridized carbons (Fsp3) is 0.692. The van der Waals surface area contributed by atoms with Crippen LogP contribution in [0.5, 0.6) is 0 Å². The Balaban J connectivity index is 2.03. The fourth-order valence-corrected chi connectivity index (χ4v) is 7.51. The van der Waals surface area contributed by atoms with Crippen LogP contribution in [0, 0.1) is 10.8 Å². The van der Waals surface area contributed by atoms with Crippen molar-refractivity contribution in [2.75, 3.05) is 13.2 Å². The van der Waals surface area contributed by atoms with Crippen molar-refractivity contribution in [3.05, 3.63) is 22.0 Å². The molecule has 0 aromatic rings. The predicted octanol–water partition coefficient (Wildman–Crippen LogP) is 3.16. The Hall–Kier alpha value is -0.900. The maximum Gasteiger partial charge on any atom is 0.168 e. The van der Waals surface area contributed by atoms with Gasteiger partial charge in [-0.25, -0.2) is 0 Å². The van der Waals surface area contributed by atoms with E-state index in [4.69, 9.17) is 0 Å². The maximum absolute atomic E-state index is 13.1. The van der Waals surface area contributed by atoms with Gasteiger partial charge in [-0.1, -0.05) is 27.7 Å². The monoisotopic (exact) mass is 514 g/mol. The minimum Gasteiger partial charge on any atom is -0.646 e.